The maximum atomic E-state index is 5.23. The van der Waals surface area contributed by atoms with Crippen LogP contribution in [-0.4, -0.2) is 19.8 Å². The van der Waals surface area contributed by atoms with Crippen LogP contribution < -0.4 is 5.73 Å². The summed E-state index contributed by atoms with van der Waals surface area (Å²) in [5.41, 5.74) is 5.23. The van der Waals surface area contributed by atoms with Gasteiger partial charge in [-0.1, -0.05) is 0 Å². The molecule has 1 aliphatic rings. The first-order valence-electron chi connectivity index (χ1n) is 2.57. The van der Waals surface area contributed by atoms with Crippen molar-refractivity contribution in [1.29, 1.82) is 0 Å². The second-order valence-electron chi connectivity index (χ2n) is 1.51. The molecular weight excluding hydrogens is 106 g/mol. The van der Waals surface area contributed by atoms with E-state index >= 15 is 0 Å². The van der Waals surface area contributed by atoms with Gasteiger partial charge in [-0.15, -0.1) is 0 Å². The van der Waals surface area contributed by atoms with Crippen LogP contribution >= 0.6 is 0 Å². The summed E-state index contributed by atoms with van der Waals surface area (Å²) in [6, 6.07) is 0. The van der Waals surface area contributed by atoms with Crippen LogP contribution in [0.1, 0.15) is 0 Å². The first kappa shape index (κ1) is 5.44. The molecule has 1 rings (SSSR count). The zero-order chi connectivity index (χ0) is 5.82. The largest absolute Gasteiger partial charge is 0.494 e. The third-order valence-corrected chi connectivity index (χ3v) is 0.905. The minimum absolute atomic E-state index is 0.431. The van der Waals surface area contributed by atoms with Crippen molar-refractivity contribution >= 4 is 0 Å². The number of hydrogen-bond donors (Lipinski definition) is 1. The van der Waals surface area contributed by atoms with Crippen molar-refractivity contribution in [3.05, 3.63) is 12.0 Å². The van der Waals surface area contributed by atoms with Gasteiger partial charge in [-0.2, -0.15) is 0 Å². The normalized spacial score (nSPS) is 18.4. The lowest BCUT2D eigenvalue weighted by molar-refractivity contribution is 0.0833. The van der Waals surface area contributed by atoms with Gasteiger partial charge >= 0.3 is 0 Å². The third-order valence-electron chi connectivity index (χ3n) is 0.905. The molecule has 0 bridgehead atoms. The molecular formula is C5H9NO2. The van der Waals surface area contributed by atoms with Gasteiger partial charge in [0.25, 0.3) is 0 Å². The van der Waals surface area contributed by atoms with Crippen molar-refractivity contribution in [2.24, 2.45) is 5.73 Å². The quantitative estimate of drug-likeness (QED) is 0.516. The average Bonchev–Trinajstić information content (AvgIpc) is 1.90. The van der Waals surface area contributed by atoms with E-state index in [2.05, 4.69) is 0 Å². The SMILES string of the molecule is NCC1=COCCO1. The van der Waals surface area contributed by atoms with E-state index in [4.69, 9.17) is 15.2 Å². The summed E-state index contributed by atoms with van der Waals surface area (Å²) in [6.45, 7) is 1.70. The molecule has 0 unspecified atom stereocenters. The molecule has 0 spiro atoms. The zero-order valence-corrected chi connectivity index (χ0v) is 4.59. The van der Waals surface area contributed by atoms with E-state index < -0.39 is 0 Å². The predicted octanol–water partition coefficient (Wildman–Crippen LogP) is -0.167. The number of ether oxygens (including phenoxy) is 2. The molecule has 0 aromatic carbocycles. The molecule has 8 heavy (non-hydrogen) atoms. The third kappa shape index (κ3) is 1.13. The molecule has 0 radical (unpaired) electrons. The highest BCUT2D eigenvalue weighted by molar-refractivity contribution is 4.90. The molecule has 2 N–H and O–H groups in total. The summed E-state index contributed by atoms with van der Waals surface area (Å²) in [4.78, 5) is 0. The Morgan fingerprint density at radius 1 is 1.62 bits per heavy atom. The lowest BCUT2D eigenvalue weighted by atomic mass is 10.5. The van der Waals surface area contributed by atoms with Crippen molar-refractivity contribution in [3.63, 3.8) is 0 Å². The van der Waals surface area contributed by atoms with Gasteiger partial charge in [0.2, 0.25) is 0 Å². The van der Waals surface area contributed by atoms with Crippen LogP contribution in [-0.2, 0) is 9.47 Å². The minimum Gasteiger partial charge on any atom is -0.494 e. The van der Waals surface area contributed by atoms with Gasteiger partial charge in [0, 0.05) is 0 Å². The fourth-order valence-corrected chi connectivity index (χ4v) is 0.514. The Hall–Kier alpha value is -0.700. The first-order valence-corrected chi connectivity index (χ1v) is 2.57. The molecule has 0 fully saturated rings. The van der Waals surface area contributed by atoms with Crippen LogP contribution in [0.25, 0.3) is 0 Å². The molecule has 46 valence electrons. The topological polar surface area (TPSA) is 44.5 Å². The van der Waals surface area contributed by atoms with Gasteiger partial charge in [-0.25, -0.2) is 0 Å². The van der Waals surface area contributed by atoms with E-state index in [1.807, 2.05) is 0 Å². The number of nitrogens with two attached hydrogens (primary N) is 1. The van der Waals surface area contributed by atoms with Gasteiger partial charge in [-0.05, 0) is 0 Å². The van der Waals surface area contributed by atoms with Crippen molar-refractivity contribution in [3.8, 4) is 0 Å². The molecule has 0 saturated carbocycles. The molecule has 1 aliphatic heterocycles. The molecule has 0 atom stereocenters. The Labute approximate surface area is 48.1 Å². The molecule has 0 aliphatic carbocycles. The Bertz CT molecular complexity index is 101. The van der Waals surface area contributed by atoms with Crippen molar-refractivity contribution < 1.29 is 9.47 Å². The van der Waals surface area contributed by atoms with Crippen LogP contribution in [0.2, 0.25) is 0 Å². The number of hydrogen-bond acceptors (Lipinski definition) is 3. The summed E-state index contributed by atoms with van der Waals surface area (Å²) in [7, 11) is 0. The Morgan fingerprint density at radius 2 is 2.50 bits per heavy atom. The van der Waals surface area contributed by atoms with Crippen molar-refractivity contribution in [1.82, 2.24) is 0 Å². The second-order valence-corrected chi connectivity index (χ2v) is 1.51. The maximum absolute atomic E-state index is 5.23. The summed E-state index contributed by atoms with van der Waals surface area (Å²) in [5.74, 6) is 0.733. The standard InChI is InChI=1S/C5H9NO2/c6-3-5-4-7-1-2-8-5/h4H,1-3,6H2. The van der Waals surface area contributed by atoms with E-state index in [9.17, 15) is 0 Å². The van der Waals surface area contributed by atoms with Gasteiger partial charge in [0.1, 0.15) is 25.2 Å². The average molecular weight is 115 g/mol. The second kappa shape index (κ2) is 2.57. The van der Waals surface area contributed by atoms with Crippen LogP contribution in [0.4, 0.5) is 0 Å². The van der Waals surface area contributed by atoms with E-state index in [1.165, 1.54) is 0 Å². The summed E-state index contributed by atoms with van der Waals surface area (Å²) >= 11 is 0. The Balaban J connectivity index is 2.37. The molecule has 0 aromatic rings. The van der Waals surface area contributed by atoms with Crippen molar-refractivity contribution in [2.75, 3.05) is 19.8 Å². The zero-order valence-electron chi connectivity index (χ0n) is 4.59. The molecule has 0 saturated heterocycles. The molecule has 0 amide bonds. The van der Waals surface area contributed by atoms with Gasteiger partial charge in [0.05, 0.1) is 6.54 Å². The van der Waals surface area contributed by atoms with E-state index in [1.54, 1.807) is 6.26 Å². The fraction of sp³-hybridized carbons (Fsp3) is 0.600. The highest BCUT2D eigenvalue weighted by Gasteiger charge is 1.99. The predicted molar refractivity (Wildman–Crippen MR) is 29.0 cm³/mol. The number of rotatable bonds is 1. The van der Waals surface area contributed by atoms with E-state index in [0.717, 1.165) is 5.76 Å². The van der Waals surface area contributed by atoms with E-state index in [0.29, 0.717) is 19.8 Å². The fourth-order valence-electron chi connectivity index (χ4n) is 0.514. The van der Waals surface area contributed by atoms with Gasteiger partial charge in [-0.3, -0.25) is 0 Å². The van der Waals surface area contributed by atoms with Crippen LogP contribution in [0.15, 0.2) is 12.0 Å². The molecule has 3 nitrogen and oxygen atoms in total. The van der Waals surface area contributed by atoms with Gasteiger partial charge < -0.3 is 15.2 Å². The smallest absolute Gasteiger partial charge is 0.144 e. The van der Waals surface area contributed by atoms with Crippen molar-refractivity contribution in [2.45, 2.75) is 0 Å². The van der Waals surface area contributed by atoms with Crippen LogP contribution in [0.3, 0.4) is 0 Å². The van der Waals surface area contributed by atoms with Crippen LogP contribution in [0.5, 0.6) is 0 Å². The molecule has 1 heterocycles. The minimum atomic E-state index is 0.431. The first-order chi connectivity index (χ1) is 3.93. The Kier molecular flexibility index (Phi) is 1.75. The summed E-state index contributed by atoms with van der Waals surface area (Å²) < 4.78 is 9.94. The Morgan fingerprint density at radius 3 is 2.88 bits per heavy atom. The molecule has 0 aromatic heterocycles. The molecule has 3 heteroatoms. The lowest BCUT2D eigenvalue weighted by Gasteiger charge is -2.13. The summed E-state index contributed by atoms with van der Waals surface area (Å²) in [6.07, 6.45) is 1.56. The highest BCUT2D eigenvalue weighted by Crippen LogP contribution is 2.00. The van der Waals surface area contributed by atoms with Crippen LogP contribution in [0, 0.1) is 0 Å². The maximum Gasteiger partial charge on any atom is 0.144 e. The highest BCUT2D eigenvalue weighted by atomic mass is 16.6. The van der Waals surface area contributed by atoms with Gasteiger partial charge in [0.15, 0.2) is 0 Å². The monoisotopic (exact) mass is 115 g/mol. The van der Waals surface area contributed by atoms with E-state index in [-0.39, 0.29) is 0 Å². The summed E-state index contributed by atoms with van der Waals surface area (Å²) in [5, 5.41) is 0. The lowest BCUT2D eigenvalue weighted by Crippen LogP contribution is -2.14.